The zero-order valence-electron chi connectivity index (χ0n) is 14.2. The van der Waals surface area contributed by atoms with Crippen LogP contribution in [0.25, 0.3) is 0 Å². The van der Waals surface area contributed by atoms with Gasteiger partial charge < -0.3 is 10.2 Å². The molecule has 26 heavy (non-hydrogen) atoms. The van der Waals surface area contributed by atoms with Crippen molar-refractivity contribution < 1.29 is 18.4 Å². The molecule has 2 rings (SSSR count). The molecule has 0 radical (unpaired) electrons. The quantitative estimate of drug-likeness (QED) is 0.711. The Bertz CT molecular complexity index is 749. The normalized spacial score (nSPS) is 10.8. The van der Waals surface area contributed by atoms with Crippen molar-refractivity contribution in [3.8, 4) is 0 Å². The Morgan fingerprint density at radius 1 is 1.31 bits per heavy atom. The van der Waals surface area contributed by atoms with Crippen LogP contribution in [-0.4, -0.2) is 39.9 Å². The number of imidazole rings is 1. The van der Waals surface area contributed by atoms with Crippen molar-refractivity contribution in [2.45, 2.75) is 25.9 Å². The number of nitrogens with zero attached hydrogens (tertiary/aromatic N) is 3. The van der Waals surface area contributed by atoms with Gasteiger partial charge >= 0.3 is 6.55 Å². The van der Waals surface area contributed by atoms with Gasteiger partial charge in [0.15, 0.2) is 0 Å². The molecule has 0 unspecified atom stereocenters. The topological polar surface area (TPSA) is 67.2 Å². The van der Waals surface area contributed by atoms with E-state index in [1.165, 1.54) is 24.3 Å². The Hall–Kier alpha value is -2.48. The first-order valence-electron chi connectivity index (χ1n) is 7.96. The van der Waals surface area contributed by atoms with Gasteiger partial charge in [-0.15, -0.1) is 0 Å². The van der Waals surface area contributed by atoms with E-state index in [-0.39, 0.29) is 30.6 Å². The Morgan fingerprint density at radius 3 is 2.65 bits per heavy atom. The second-order valence-electron chi connectivity index (χ2n) is 5.64. The largest absolute Gasteiger partial charge is 0.352 e. The summed E-state index contributed by atoms with van der Waals surface area (Å²) in [7, 11) is 1.53. The van der Waals surface area contributed by atoms with Crippen LogP contribution in [0, 0.1) is 0 Å². The molecule has 2 amide bonds. The molecule has 1 aromatic heterocycles. The summed E-state index contributed by atoms with van der Waals surface area (Å²) in [5, 5.41) is 3.26. The Kier molecular flexibility index (Phi) is 7.08. The molecule has 0 saturated carbocycles. The smallest absolute Gasteiger partial charge is 0.319 e. The number of aromatic nitrogens is 2. The van der Waals surface area contributed by atoms with Crippen molar-refractivity contribution in [3.05, 3.63) is 53.1 Å². The molecule has 2 aromatic rings. The van der Waals surface area contributed by atoms with E-state index in [4.69, 9.17) is 11.6 Å². The fourth-order valence-corrected chi connectivity index (χ4v) is 2.41. The summed E-state index contributed by atoms with van der Waals surface area (Å²) < 4.78 is 26.3. The maximum absolute atomic E-state index is 12.8. The Labute approximate surface area is 154 Å². The number of halogens is 3. The van der Waals surface area contributed by atoms with Crippen molar-refractivity contribution in [1.82, 2.24) is 19.8 Å². The molecular formula is C17H19ClF2N4O2. The molecule has 1 heterocycles. The SMILES string of the molecule is CN(Cc1nccn1C(F)F)C(=O)CCCNC(=O)c1ccc(Cl)cc1. The zero-order valence-corrected chi connectivity index (χ0v) is 14.9. The average molecular weight is 385 g/mol. The number of hydrogen-bond acceptors (Lipinski definition) is 3. The lowest BCUT2D eigenvalue weighted by molar-refractivity contribution is -0.130. The fraction of sp³-hybridized carbons (Fsp3) is 0.353. The van der Waals surface area contributed by atoms with Crippen LogP contribution in [0.15, 0.2) is 36.7 Å². The molecule has 0 bridgehead atoms. The summed E-state index contributed by atoms with van der Waals surface area (Å²) in [5.41, 5.74) is 0.483. The van der Waals surface area contributed by atoms with E-state index in [0.717, 1.165) is 4.57 Å². The van der Waals surface area contributed by atoms with Crippen LogP contribution < -0.4 is 5.32 Å². The minimum Gasteiger partial charge on any atom is -0.352 e. The lowest BCUT2D eigenvalue weighted by Gasteiger charge is -2.17. The summed E-state index contributed by atoms with van der Waals surface area (Å²) in [6.07, 6.45) is 3.06. The van der Waals surface area contributed by atoms with E-state index >= 15 is 0 Å². The van der Waals surface area contributed by atoms with Crippen LogP contribution in [0.4, 0.5) is 8.78 Å². The number of nitrogens with one attached hydrogen (secondary N) is 1. The molecular weight excluding hydrogens is 366 g/mol. The molecule has 9 heteroatoms. The predicted molar refractivity (Wildman–Crippen MR) is 93.0 cm³/mol. The van der Waals surface area contributed by atoms with Crippen LogP contribution in [0.2, 0.25) is 5.02 Å². The first kappa shape index (κ1) is 19.8. The molecule has 1 aromatic carbocycles. The molecule has 140 valence electrons. The summed E-state index contributed by atoms with van der Waals surface area (Å²) in [6, 6.07) is 6.47. The van der Waals surface area contributed by atoms with Crippen molar-refractivity contribution >= 4 is 23.4 Å². The van der Waals surface area contributed by atoms with Gasteiger partial charge in [0.05, 0.1) is 6.54 Å². The van der Waals surface area contributed by atoms with E-state index in [0.29, 0.717) is 23.6 Å². The predicted octanol–water partition coefficient (Wildman–Crippen LogP) is 3.10. The van der Waals surface area contributed by atoms with Gasteiger partial charge in [0.1, 0.15) is 5.82 Å². The number of carbonyl (C=O) groups excluding carboxylic acids is 2. The average Bonchev–Trinajstić information content (AvgIpc) is 3.07. The second kappa shape index (κ2) is 9.28. The van der Waals surface area contributed by atoms with Crippen molar-refractivity contribution in [3.63, 3.8) is 0 Å². The van der Waals surface area contributed by atoms with Crippen LogP contribution in [0.5, 0.6) is 0 Å². The van der Waals surface area contributed by atoms with Gasteiger partial charge in [0, 0.05) is 43.0 Å². The number of hydrogen-bond donors (Lipinski definition) is 1. The lowest BCUT2D eigenvalue weighted by atomic mass is 10.2. The van der Waals surface area contributed by atoms with Crippen LogP contribution >= 0.6 is 11.6 Å². The van der Waals surface area contributed by atoms with E-state index in [1.807, 2.05) is 0 Å². The molecule has 0 saturated heterocycles. The van der Waals surface area contributed by atoms with Gasteiger partial charge in [-0.05, 0) is 30.7 Å². The summed E-state index contributed by atoms with van der Waals surface area (Å²) >= 11 is 5.76. The van der Waals surface area contributed by atoms with Gasteiger partial charge in [0.2, 0.25) is 5.91 Å². The van der Waals surface area contributed by atoms with Gasteiger partial charge in [-0.3, -0.25) is 14.2 Å². The third-order valence-corrected chi connectivity index (χ3v) is 3.97. The molecule has 6 nitrogen and oxygen atoms in total. The molecule has 0 aliphatic carbocycles. The minimum atomic E-state index is -2.70. The third kappa shape index (κ3) is 5.52. The molecule has 0 aliphatic rings. The molecule has 0 aliphatic heterocycles. The highest BCUT2D eigenvalue weighted by Crippen LogP contribution is 2.14. The van der Waals surface area contributed by atoms with Crippen molar-refractivity contribution in [2.24, 2.45) is 0 Å². The molecule has 0 spiro atoms. The van der Waals surface area contributed by atoms with Crippen molar-refractivity contribution in [1.29, 1.82) is 0 Å². The molecule has 0 fully saturated rings. The number of benzene rings is 1. The first-order chi connectivity index (χ1) is 12.4. The monoisotopic (exact) mass is 384 g/mol. The van der Waals surface area contributed by atoms with Crippen LogP contribution in [-0.2, 0) is 11.3 Å². The lowest BCUT2D eigenvalue weighted by Crippen LogP contribution is -2.29. The Morgan fingerprint density at radius 2 is 2.00 bits per heavy atom. The highest BCUT2D eigenvalue weighted by atomic mass is 35.5. The standard InChI is InChI=1S/C17H19ClF2N4O2/c1-23(11-14-21-9-10-24(14)17(19)20)15(25)3-2-8-22-16(26)12-4-6-13(18)7-5-12/h4-7,9-10,17H,2-3,8,11H2,1H3,(H,22,26). The molecule has 0 atom stereocenters. The second-order valence-corrected chi connectivity index (χ2v) is 6.08. The van der Waals surface area contributed by atoms with Crippen LogP contribution in [0.3, 0.4) is 0 Å². The van der Waals surface area contributed by atoms with Gasteiger partial charge in [0.25, 0.3) is 5.91 Å². The first-order valence-corrected chi connectivity index (χ1v) is 8.34. The van der Waals surface area contributed by atoms with Gasteiger partial charge in [-0.2, -0.15) is 8.78 Å². The Balaban J connectivity index is 1.73. The maximum Gasteiger partial charge on any atom is 0.319 e. The van der Waals surface area contributed by atoms with E-state index < -0.39 is 6.55 Å². The number of carbonyl (C=O) groups is 2. The van der Waals surface area contributed by atoms with E-state index in [2.05, 4.69) is 10.3 Å². The van der Waals surface area contributed by atoms with Gasteiger partial charge in [-0.1, -0.05) is 11.6 Å². The summed E-state index contributed by atoms with van der Waals surface area (Å²) in [6.45, 7) is -2.38. The minimum absolute atomic E-state index is 0.00664. The fourth-order valence-electron chi connectivity index (χ4n) is 2.28. The van der Waals surface area contributed by atoms with Crippen molar-refractivity contribution in [2.75, 3.05) is 13.6 Å². The van der Waals surface area contributed by atoms with E-state index in [1.54, 1.807) is 24.3 Å². The zero-order chi connectivity index (χ0) is 19.1. The highest BCUT2D eigenvalue weighted by Gasteiger charge is 2.16. The molecule has 1 N–H and O–H groups in total. The van der Waals surface area contributed by atoms with E-state index in [9.17, 15) is 18.4 Å². The summed E-state index contributed by atoms with van der Waals surface area (Å²) in [4.78, 5) is 29.2. The van der Waals surface area contributed by atoms with Crippen LogP contribution in [0.1, 0.15) is 35.6 Å². The third-order valence-electron chi connectivity index (χ3n) is 3.72. The maximum atomic E-state index is 12.8. The summed E-state index contributed by atoms with van der Waals surface area (Å²) in [5.74, 6) is -0.345. The number of rotatable bonds is 8. The number of alkyl halides is 2. The highest BCUT2D eigenvalue weighted by molar-refractivity contribution is 6.30. The number of amides is 2. The van der Waals surface area contributed by atoms with Gasteiger partial charge in [-0.25, -0.2) is 4.98 Å².